The topological polar surface area (TPSA) is 72.4 Å². The van der Waals surface area contributed by atoms with E-state index < -0.39 is 0 Å². The number of hydrogen-bond acceptors (Lipinski definition) is 3. The quantitative estimate of drug-likeness (QED) is 0.630. The van der Waals surface area contributed by atoms with E-state index >= 15 is 0 Å². The van der Waals surface area contributed by atoms with Crippen LogP contribution < -0.4 is 11.5 Å². The third kappa shape index (κ3) is 2.00. The molecule has 1 atom stereocenters. The van der Waals surface area contributed by atoms with Gasteiger partial charge in [0.1, 0.15) is 0 Å². The van der Waals surface area contributed by atoms with Gasteiger partial charge in [-0.2, -0.15) is 0 Å². The van der Waals surface area contributed by atoms with Crippen LogP contribution in [0, 0.1) is 0 Å². The molecule has 4 N–H and O–H groups in total. The zero-order valence-electron chi connectivity index (χ0n) is 8.42. The first-order valence-electron chi connectivity index (χ1n) is 4.84. The van der Waals surface area contributed by atoms with Gasteiger partial charge < -0.3 is 11.5 Å². The second-order valence-corrected chi connectivity index (χ2v) is 3.95. The maximum absolute atomic E-state index is 11.0. The maximum Gasteiger partial charge on any atom is 0.234 e. The van der Waals surface area contributed by atoms with Crippen LogP contribution in [0.15, 0.2) is 0 Å². The fourth-order valence-corrected chi connectivity index (χ4v) is 1.85. The molecule has 1 rings (SSSR count). The molecule has 0 radical (unpaired) electrons. The third-order valence-electron chi connectivity index (χ3n) is 2.90. The Hall–Kier alpha value is -0.610. The van der Waals surface area contributed by atoms with E-state index in [2.05, 4.69) is 11.8 Å². The second kappa shape index (κ2) is 3.64. The Kier molecular flexibility index (Phi) is 2.93. The normalized spacial score (nSPS) is 23.6. The molecule has 1 heterocycles. The summed E-state index contributed by atoms with van der Waals surface area (Å²) < 4.78 is 0. The molecule has 0 aromatic rings. The lowest BCUT2D eigenvalue weighted by atomic mass is 9.86. The zero-order chi connectivity index (χ0) is 10.1. The molecule has 1 aliphatic rings. The van der Waals surface area contributed by atoms with E-state index in [1.54, 1.807) is 0 Å². The molecule has 13 heavy (non-hydrogen) atoms. The van der Waals surface area contributed by atoms with Crippen molar-refractivity contribution in [2.75, 3.05) is 13.1 Å². The lowest BCUT2D eigenvalue weighted by molar-refractivity contribution is -0.126. The van der Waals surface area contributed by atoms with Crippen molar-refractivity contribution in [2.24, 2.45) is 11.5 Å². The van der Waals surface area contributed by atoms with Crippen molar-refractivity contribution in [3.63, 3.8) is 0 Å². The maximum atomic E-state index is 11.0. The molecule has 4 nitrogen and oxygen atoms in total. The Morgan fingerprint density at radius 3 is 2.38 bits per heavy atom. The number of primary amides is 1. The molecule has 1 saturated heterocycles. The molecular weight excluding hydrogens is 166 g/mol. The van der Waals surface area contributed by atoms with Gasteiger partial charge in [0.25, 0.3) is 0 Å². The first kappa shape index (κ1) is 10.5. The molecule has 0 aromatic heterocycles. The predicted octanol–water partition coefficient (Wildman–Crippen LogP) is -0.327. The van der Waals surface area contributed by atoms with Gasteiger partial charge in [-0.1, -0.05) is 13.8 Å². The van der Waals surface area contributed by atoms with Gasteiger partial charge in [-0.15, -0.1) is 0 Å². The van der Waals surface area contributed by atoms with Crippen LogP contribution >= 0.6 is 0 Å². The molecule has 1 aliphatic heterocycles. The molecule has 4 heteroatoms. The average Bonchev–Trinajstić information content (AvgIpc) is 2.01. The van der Waals surface area contributed by atoms with Crippen LogP contribution in [-0.2, 0) is 4.79 Å². The largest absolute Gasteiger partial charge is 0.368 e. The summed E-state index contributed by atoms with van der Waals surface area (Å²) in [5.41, 5.74) is 11.2. The highest BCUT2D eigenvalue weighted by Crippen LogP contribution is 2.24. The highest BCUT2D eigenvalue weighted by atomic mass is 16.1. The van der Waals surface area contributed by atoms with E-state index in [4.69, 9.17) is 11.5 Å². The highest BCUT2D eigenvalue weighted by Gasteiger charge is 2.41. The fraction of sp³-hybridized carbons (Fsp3) is 0.889. The molecule has 1 amide bonds. The van der Waals surface area contributed by atoms with E-state index in [0.29, 0.717) is 0 Å². The van der Waals surface area contributed by atoms with Crippen LogP contribution in [0.1, 0.15) is 26.7 Å². The molecule has 1 fully saturated rings. The number of likely N-dealkylation sites (tertiary alicyclic amines) is 1. The number of rotatable bonds is 4. The minimum absolute atomic E-state index is 0.0805. The lowest BCUT2D eigenvalue weighted by Gasteiger charge is -2.50. The van der Waals surface area contributed by atoms with E-state index in [9.17, 15) is 4.79 Å². The van der Waals surface area contributed by atoms with Gasteiger partial charge in [0, 0.05) is 18.6 Å². The van der Waals surface area contributed by atoms with Crippen LogP contribution in [0.4, 0.5) is 0 Å². The Labute approximate surface area is 79.3 Å². The highest BCUT2D eigenvalue weighted by molar-refractivity contribution is 5.79. The smallest absolute Gasteiger partial charge is 0.234 e. The summed E-state index contributed by atoms with van der Waals surface area (Å²) in [7, 11) is 0. The molecule has 0 aliphatic carbocycles. The van der Waals surface area contributed by atoms with Crippen molar-refractivity contribution in [3.05, 3.63) is 0 Å². The minimum atomic E-state index is -0.236. The van der Waals surface area contributed by atoms with Crippen molar-refractivity contribution in [1.29, 1.82) is 0 Å². The Bertz CT molecular complexity index is 199. The summed E-state index contributed by atoms with van der Waals surface area (Å²) in [5.74, 6) is -0.236. The van der Waals surface area contributed by atoms with Gasteiger partial charge in [-0.3, -0.25) is 9.69 Å². The van der Waals surface area contributed by atoms with Gasteiger partial charge in [0.15, 0.2) is 0 Å². The van der Waals surface area contributed by atoms with E-state index in [1.807, 2.05) is 6.92 Å². The van der Waals surface area contributed by atoms with Crippen LogP contribution in [0.25, 0.3) is 0 Å². The number of carbonyl (C=O) groups excluding carboxylic acids is 1. The van der Waals surface area contributed by atoms with Crippen LogP contribution in [0.3, 0.4) is 0 Å². The summed E-state index contributed by atoms with van der Waals surface area (Å²) in [4.78, 5) is 13.1. The first-order chi connectivity index (χ1) is 6.02. The van der Waals surface area contributed by atoms with Crippen LogP contribution in [0.2, 0.25) is 0 Å². The first-order valence-corrected chi connectivity index (χ1v) is 4.84. The zero-order valence-corrected chi connectivity index (χ0v) is 8.42. The molecule has 76 valence electrons. The second-order valence-electron chi connectivity index (χ2n) is 3.95. The summed E-state index contributed by atoms with van der Waals surface area (Å²) in [5, 5.41) is 0. The Balaban J connectivity index is 2.45. The summed E-state index contributed by atoms with van der Waals surface area (Å²) in [6.07, 6.45) is 1.73. The number of nitrogens with two attached hydrogens (primary N) is 2. The number of carbonyl (C=O) groups is 1. The van der Waals surface area contributed by atoms with E-state index in [-0.39, 0.29) is 17.5 Å². The molecular formula is C9H19N3O. The monoisotopic (exact) mass is 185 g/mol. The molecule has 0 bridgehead atoms. The average molecular weight is 185 g/mol. The summed E-state index contributed by atoms with van der Waals surface area (Å²) >= 11 is 0. The van der Waals surface area contributed by atoms with Crippen molar-refractivity contribution >= 4 is 5.91 Å². The lowest BCUT2D eigenvalue weighted by Crippen LogP contribution is -2.70. The van der Waals surface area contributed by atoms with Crippen molar-refractivity contribution in [1.82, 2.24) is 4.90 Å². The predicted molar refractivity (Wildman–Crippen MR) is 52.1 cm³/mol. The SMILES string of the molecule is CCC(C(N)=O)N1CC(N)(CC)C1. The van der Waals surface area contributed by atoms with Gasteiger partial charge in [-0.25, -0.2) is 0 Å². The van der Waals surface area contributed by atoms with Gasteiger partial charge in [0.05, 0.1) is 6.04 Å². The number of amides is 1. The summed E-state index contributed by atoms with van der Waals surface area (Å²) in [6.45, 7) is 5.64. The van der Waals surface area contributed by atoms with Crippen molar-refractivity contribution in [2.45, 2.75) is 38.3 Å². The number of nitrogens with zero attached hydrogens (tertiary/aromatic N) is 1. The standard InChI is InChI=1S/C9H19N3O/c1-3-7(8(10)13)12-5-9(11,4-2)6-12/h7H,3-6,11H2,1-2H3,(H2,10,13). The third-order valence-corrected chi connectivity index (χ3v) is 2.90. The fourth-order valence-electron chi connectivity index (χ4n) is 1.85. The Morgan fingerprint density at radius 2 is 2.08 bits per heavy atom. The number of hydrogen-bond donors (Lipinski definition) is 2. The van der Waals surface area contributed by atoms with E-state index in [1.165, 1.54) is 0 Å². The van der Waals surface area contributed by atoms with Crippen LogP contribution in [-0.4, -0.2) is 35.5 Å². The molecule has 1 unspecified atom stereocenters. The molecule has 0 saturated carbocycles. The Morgan fingerprint density at radius 1 is 1.54 bits per heavy atom. The van der Waals surface area contributed by atoms with E-state index in [0.717, 1.165) is 25.9 Å². The van der Waals surface area contributed by atoms with Gasteiger partial charge in [-0.05, 0) is 12.8 Å². The van der Waals surface area contributed by atoms with Gasteiger partial charge in [0.2, 0.25) is 5.91 Å². The molecule has 0 spiro atoms. The van der Waals surface area contributed by atoms with Crippen LogP contribution in [0.5, 0.6) is 0 Å². The molecule has 0 aromatic carbocycles. The minimum Gasteiger partial charge on any atom is -0.368 e. The van der Waals surface area contributed by atoms with Crippen molar-refractivity contribution < 1.29 is 4.79 Å². The van der Waals surface area contributed by atoms with Gasteiger partial charge >= 0.3 is 0 Å². The van der Waals surface area contributed by atoms with Crippen molar-refractivity contribution in [3.8, 4) is 0 Å². The summed E-state index contributed by atoms with van der Waals surface area (Å²) in [6, 6.07) is -0.122.